The van der Waals surface area contributed by atoms with Crippen LogP contribution < -0.4 is 5.32 Å². The normalized spacial score (nSPS) is 25.6. The van der Waals surface area contributed by atoms with Crippen LogP contribution in [0.3, 0.4) is 0 Å². The Morgan fingerprint density at radius 2 is 2.15 bits per heavy atom. The third-order valence-electron chi connectivity index (χ3n) is 4.10. The lowest BCUT2D eigenvalue weighted by molar-refractivity contribution is -0.146. The molecule has 0 aromatic carbocycles. The van der Waals surface area contributed by atoms with Crippen LogP contribution >= 0.6 is 0 Å². The lowest BCUT2D eigenvalue weighted by atomic mass is 9.95. The quantitative estimate of drug-likeness (QED) is 0.847. The van der Waals surface area contributed by atoms with Crippen LogP contribution in [0, 0.1) is 17.8 Å². The van der Waals surface area contributed by atoms with Crippen molar-refractivity contribution in [3.05, 3.63) is 18.0 Å². The zero-order chi connectivity index (χ0) is 14.7. The fourth-order valence-corrected chi connectivity index (χ4v) is 2.91. The molecule has 1 aliphatic carbocycles. The lowest BCUT2D eigenvalue weighted by Gasteiger charge is -2.14. The second kappa shape index (κ2) is 6.07. The minimum atomic E-state index is -0.862. The Labute approximate surface area is 118 Å². The molecule has 1 fully saturated rings. The van der Waals surface area contributed by atoms with E-state index in [-0.39, 0.29) is 5.91 Å². The molecule has 0 aliphatic heterocycles. The van der Waals surface area contributed by atoms with Crippen LogP contribution in [0.4, 0.5) is 0 Å². The lowest BCUT2D eigenvalue weighted by Crippen LogP contribution is -2.35. The van der Waals surface area contributed by atoms with Gasteiger partial charge in [0, 0.05) is 13.2 Å². The minimum absolute atomic E-state index is 0.168. The van der Waals surface area contributed by atoms with E-state index in [0.29, 0.717) is 25.3 Å². The maximum atomic E-state index is 12.2. The highest BCUT2D eigenvalue weighted by Crippen LogP contribution is 2.38. The van der Waals surface area contributed by atoms with Crippen molar-refractivity contribution in [1.82, 2.24) is 15.1 Å². The maximum Gasteiger partial charge on any atom is 0.307 e. The van der Waals surface area contributed by atoms with Gasteiger partial charge in [0.25, 0.3) is 0 Å². The van der Waals surface area contributed by atoms with E-state index in [1.54, 1.807) is 4.68 Å². The van der Waals surface area contributed by atoms with Crippen molar-refractivity contribution < 1.29 is 14.7 Å². The van der Waals surface area contributed by atoms with Crippen LogP contribution in [0.5, 0.6) is 0 Å². The highest BCUT2D eigenvalue weighted by molar-refractivity contribution is 5.85. The molecule has 1 aliphatic rings. The van der Waals surface area contributed by atoms with Crippen LogP contribution in [0.25, 0.3) is 0 Å². The first-order chi connectivity index (χ1) is 9.51. The van der Waals surface area contributed by atoms with Gasteiger partial charge in [0.05, 0.1) is 24.1 Å². The Kier molecular flexibility index (Phi) is 4.42. The van der Waals surface area contributed by atoms with Gasteiger partial charge in [0.15, 0.2) is 0 Å². The maximum absolute atomic E-state index is 12.2. The molecule has 6 heteroatoms. The van der Waals surface area contributed by atoms with Crippen LogP contribution in [-0.4, -0.2) is 26.8 Å². The van der Waals surface area contributed by atoms with Crippen molar-refractivity contribution >= 4 is 11.9 Å². The van der Waals surface area contributed by atoms with Crippen molar-refractivity contribution in [1.29, 1.82) is 0 Å². The molecule has 3 atom stereocenters. The van der Waals surface area contributed by atoms with Gasteiger partial charge in [-0.05, 0) is 24.8 Å². The van der Waals surface area contributed by atoms with Gasteiger partial charge in [-0.1, -0.05) is 13.3 Å². The fourth-order valence-electron chi connectivity index (χ4n) is 2.91. The van der Waals surface area contributed by atoms with Crippen molar-refractivity contribution in [2.45, 2.75) is 32.7 Å². The van der Waals surface area contributed by atoms with E-state index in [1.165, 1.54) is 0 Å². The monoisotopic (exact) mass is 279 g/mol. The molecule has 0 bridgehead atoms. The second-order valence-electron chi connectivity index (χ2n) is 5.50. The van der Waals surface area contributed by atoms with Gasteiger partial charge in [-0.25, -0.2) is 0 Å². The summed E-state index contributed by atoms with van der Waals surface area (Å²) in [6.45, 7) is 2.39. The zero-order valence-corrected chi connectivity index (χ0v) is 11.9. The first-order valence-corrected chi connectivity index (χ1v) is 7.00. The van der Waals surface area contributed by atoms with E-state index in [9.17, 15) is 14.7 Å². The van der Waals surface area contributed by atoms with Gasteiger partial charge in [-0.2, -0.15) is 5.10 Å². The van der Waals surface area contributed by atoms with Crippen molar-refractivity contribution in [2.75, 3.05) is 0 Å². The number of aryl methyl sites for hydroxylation is 1. The number of carbonyl (C=O) groups excluding carboxylic acids is 1. The Morgan fingerprint density at radius 3 is 2.70 bits per heavy atom. The Balaban J connectivity index is 1.95. The third kappa shape index (κ3) is 3.18. The number of nitrogens with zero attached hydrogens (tertiary/aromatic N) is 2. The summed E-state index contributed by atoms with van der Waals surface area (Å²) in [5.74, 6) is -1.66. The van der Waals surface area contributed by atoms with Gasteiger partial charge < -0.3 is 10.4 Å². The molecular formula is C14H21N3O3. The molecule has 0 radical (unpaired) electrons. The van der Waals surface area contributed by atoms with Gasteiger partial charge in [-0.15, -0.1) is 0 Å². The smallest absolute Gasteiger partial charge is 0.307 e. The summed E-state index contributed by atoms with van der Waals surface area (Å²) in [6.07, 6.45) is 4.01. The predicted octanol–water partition coefficient (Wildman–Crippen LogP) is 1.17. The summed E-state index contributed by atoms with van der Waals surface area (Å²) in [6, 6.07) is 1.83. The number of aliphatic carboxylic acids is 1. The molecule has 1 aromatic heterocycles. The molecule has 1 heterocycles. The number of carboxylic acid groups (broad SMARTS) is 1. The van der Waals surface area contributed by atoms with E-state index in [1.807, 2.05) is 26.2 Å². The number of carboxylic acids is 1. The summed E-state index contributed by atoms with van der Waals surface area (Å²) in [5.41, 5.74) is 0.776. The van der Waals surface area contributed by atoms with Crippen LogP contribution in [0.1, 0.15) is 31.9 Å². The number of rotatable bonds is 5. The molecule has 3 unspecified atom stereocenters. The molecule has 0 spiro atoms. The van der Waals surface area contributed by atoms with E-state index >= 15 is 0 Å². The molecule has 2 rings (SSSR count). The summed E-state index contributed by atoms with van der Waals surface area (Å²) in [4.78, 5) is 23.5. The SMILES string of the molecule is CCC1CC(C(=O)O)C(C(=O)NCc2ccn(C)n2)C1. The van der Waals surface area contributed by atoms with Gasteiger partial charge >= 0.3 is 5.97 Å². The number of hydrogen-bond donors (Lipinski definition) is 2. The summed E-state index contributed by atoms with van der Waals surface area (Å²) >= 11 is 0. The Hall–Kier alpha value is -1.85. The zero-order valence-electron chi connectivity index (χ0n) is 11.9. The van der Waals surface area contributed by atoms with Crippen molar-refractivity contribution in [2.24, 2.45) is 24.8 Å². The molecule has 1 aromatic rings. The molecule has 6 nitrogen and oxygen atoms in total. The van der Waals surface area contributed by atoms with Crippen molar-refractivity contribution in [3.8, 4) is 0 Å². The summed E-state index contributed by atoms with van der Waals surface area (Å²) in [5, 5.41) is 16.2. The first-order valence-electron chi connectivity index (χ1n) is 7.00. The molecule has 2 N–H and O–H groups in total. The molecule has 20 heavy (non-hydrogen) atoms. The van der Waals surface area contributed by atoms with Gasteiger partial charge in [0.2, 0.25) is 5.91 Å². The number of hydrogen-bond acceptors (Lipinski definition) is 3. The second-order valence-corrected chi connectivity index (χ2v) is 5.50. The van der Waals surface area contributed by atoms with E-state index in [2.05, 4.69) is 10.4 Å². The average molecular weight is 279 g/mol. The number of aromatic nitrogens is 2. The largest absolute Gasteiger partial charge is 0.481 e. The number of nitrogens with one attached hydrogen (secondary N) is 1. The van der Waals surface area contributed by atoms with Crippen LogP contribution in [0.2, 0.25) is 0 Å². The number of amides is 1. The Morgan fingerprint density at radius 1 is 1.45 bits per heavy atom. The molecule has 110 valence electrons. The average Bonchev–Trinajstić information content (AvgIpc) is 3.02. The van der Waals surface area contributed by atoms with Crippen LogP contribution in [0.15, 0.2) is 12.3 Å². The van der Waals surface area contributed by atoms with E-state index in [4.69, 9.17) is 0 Å². The summed E-state index contributed by atoms with van der Waals surface area (Å²) in [7, 11) is 1.81. The predicted molar refractivity (Wildman–Crippen MR) is 72.7 cm³/mol. The standard InChI is InChI=1S/C14H21N3O3/c1-3-9-6-11(12(7-9)14(19)20)13(18)15-8-10-4-5-17(2)16-10/h4-5,9,11-12H,3,6-8H2,1-2H3,(H,15,18)(H,19,20). The van der Waals surface area contributed by atoms with Crippen LogP contribution in [-0.2, 0) is 23.2 Å². The third-order valence-corrected chi connectivity index (χ3v) is 4.10. The van der Waals surface area contributed by atoms with Crippen molar-refractivity contribution in [3.63, 3.8) is 0 Å². The molecule has 1 saturated carbocycles. The van der Waals surface area contributed by atoms with Gasteiger partial charge in [0.1, 0.15) is 0 Å². The fraction of sp³-hybridized carbons (Fsp3) is 0.643. The highest BCUT2D eigenvalue weighted by Gasteiger charge is 2.41. The topological polar surface area (TPSA) is 84.2 Å². The van der Waals surface area contributed by atoms with Gasteiger partial charge in [-0.3, -0.25) is 14.3 Å². The van der Waals surface area contributed by atoms with E-state index in [0.717, 1.165) is 12.1 Å². The molecule has 1 amide bonds. The number of carbonyl (C=O) groups is 2. The molecular weight excluding hydrogens is 258 g/mol. The molecule has 0 saturated heterocycles. The Bertz CT molecular complexity index is 498. The highest BCUT2D eigenvalue weighted by atomic mass is 16.4. The minimum Gasteiger partial charge on any atom is -0.481 e. The first kappa shape index (κ1) is 14.6. The van der Waals surface area contributed by atoms with E-state index < -0.39 is 17.8 Å². The summed E-state index contributed by atoms with van der Waals surface area (Å²) < 4.78 is 1.67.